The molecule has 3 heteroatoms. The minimum absolute atomic E-state index is 0.0301. The molecule has 0 aromatic heterocycles. The topological polar surface area (TPSA) is 57.5 Å². The number of aliphatic hydroxyl groups excluding tert-OH is 1. The van der Waals surface area contributed by atoms with Gasteiger partial charge >= 0.3 is 5.97 Å². The highest BCUT2D eigenvalue weighted by atomic mass is 16.4. The normalized spacial score (nSPS) is 52.4. The lowest BCUT2D eigenvalue weighted by Crippen LogP contribution is -2.65. The Hall–Kier alpha value is -0.830. The van der Waals surface area contributed by atoms with E-state index in [0.717, 1.165) is 51.4 Å². The molecule has 0 heterocycles. The van der Waals surface area contributed by atoms with Crippen LogP contribution >= 0.6 is 0 Å². The third kappa shape index (κ3) is 2.87. The van der Waals surface area contributed by atoms with Crippen LogP contribution in [0.2, 0.25) is 0 Å². The molecule has 5 aliphatic rings. The highest BCUT2D eigenvalue weighted by molar-refractivity contribution is 5.76. The van der Waals surface area contributed by atoms with Crippen LogP contribution in [0.5, 0.6) is 0 Å². The second kappa shape index (κ2) is 6.89. The van der Waals surface area contributed by atoms with E-state index < -0.39 is 11.4 Å². The molecular weight excluding hydrogens is 408 g/mol. The van der Waals surface area contributed by atoms with Crippen LogP contribution in [0.4, 0.5) is 0 Å². The molecule has 5 rings (SSSR count). The van der Waals surface area contributed by atoms with E-state index >= 15 is 0 Å². The van der Waals surface area contributed by atoms with E-state index in [4.69, 9.17) is 0 Å². The van der Waals surface area contributed by atoms with Gasteiger partial charge in [0.2, 0.25) is 0 Å². The molecule has 5 aliphatic carbocycles. The van der Waals surface area contributed by atoms with Crippen molar-refractivity contribution in [3.8, 4) is 0 Å². The third-order valence-corrected chi connectivity index (χ3v) is 13.0. The van der Waals surface area contributed by atoms with Gasteiger partial charge in [0, 0.05) is 0 Å². The van der Waals surface area contributed by atoms with Gasteiger partial charge in [0.05, 0.1) is 11.5 Å². The maximum Gasteiger partial charge on any atom is 0.310 e. The summed E-state index contributed by atoms with van der Waals surface area (Å²) >= 11 is 0. The molecule has 0 bridgehead atoms. The van der Waals surface area contributed by atoms with Crippen LogP contribution in [-0.2, 0) is 4.79 Å². The fourth-order valence-electron chi connectivity index (χ4n) is 10.6. The van der Waals surface area contributed by atoms with Crippen molar-refractivity contribution in [1.29, 1.82) is 0 Å². The van der Waals surface area contributed by atoms with E-state index in [9.17, 15) is 15.0 Å². The van der Waals surface area contributed by atoms with Crippen molar-refractivity contribution in [2.24, 2.45) is 50.2 Å². The Labute approximate surface area is 201 Å². The van der Waals surface area contributed by atoms with Gasteiger partial charge in [-0.2, -0.15) is 0 Å². The molecule has 8 atom stereocenters. The fraction of sp³-hybridized carbons (Fsp3) is 0.900. The largest absolute Gasteiger partial charge is 0.481 e. The molecule has 2 N–H and O–H groups in total. The van der Waals surface area contributed by atoms with E-state index in [2.05, 4.69) is 54.5 Å². The second-order valence-corrected chi connectivity index (χ2v) is 15.1. The molecule has 3 nitrogen and oxygen atoms in total. The Morgan fingerprint density at radius 3 is 2.21 bits per heavy atom. The predicted molar refractivity (Wildman–Crippen MR) is 133 cm³/mol. The Morgan fingerprint density at radius 1 is 0.879 bits per heavy atom. The number of hydrogen-bond acceptors (Lipinski definition) is 2. The number of fused-ring (bicyclic) bond motifs is 7. The molecule has 1 unspecified atom stereocenters. The van der Waals surface area contributed by atoms with Crippen LogP contribution < -0.4 is 0 Å². The summed E-state index contributed by atoms with van der Waals surface area (Å²) in [7, 11) is 0. The minimum Gasteiger partial charge on any atom is -0.481 e. The van der Waals surface area contributed by atoms with Gasteiger partial charge in [0.15, 0.2) is 0 Å². The van der Waals surface area contributed by atoms with Gasteiger partial charge in [-0.3, -0.25) is 4.79 Å². The van der Waals surface area contributed by atoms with E-state index in [0.29, 0.717) is 11.8 Å². The summed E-state index contributed by atoms with van der Waals surface area (Å²) in [5, 5.41) is 21.4. The van der Waals surface area contributed by atoms with Crippen molar-refractivity contribution in [3.63, 3.8) is 0 Å². The quantitative estimate of drug-likeness (QED) is 0.409. The first-order valence-corrected chi connectivity index (χ1v) is 13.8. The maximum atomic E-state index is 12.8. The number of allylic oxidation sites excluding steroid dienone is 2. The number of aliphatic carboxylic acids is 1. The molecule has 0 aliphatic heterocycles. The maximum absolute atomic E-state index is 12.8. The number of carbonyl (C=O) groups is 1. The monoisotopic (exact) mass is 456 g/mol. The molecule has 0 amide bonds. The van der Waals surface area contributed by atoms with Gasteiger partial charge in [-0.05, 0) is 109 Å². The summed E-state index contributed by atoms with van der Waals surface area (Å²) in [5.74, 6) is 0.807. The lowest BCUT2D eigenvalue weighted by atomic mass is 9.33. The van der Waals surface area contributed by atoms with Crippen molar-refractivity contribution in [1.82, 2.24) is 0 Å². The first-order valence-electron chi connectivity index (χ1n) is 13.8. The minimum atomic E-state index is -0.553. The average Bonchev–Trinajstić information content (AvgIpc) is 2.71. The molecule has 0 aromatic rings. The molecule has 0 aromatic carbocycles. The predicted octanol–water partition coefficient (Wildman–Crippen LogP) is 7.23. The lowest BCUT2D eigenvalue weighted by molar-refractivity contribution is -0.205. The molecule has 0 radical (unpaired) electrons. The smallest absolute Gasteiger partial charge is 0.310 e. The summed E-state index contributed by atoms with van der Waals surface area (Å²) in [4.78, 5) is 12.8. The van der Waals surface area contributed by atoms with Gasteiger partial charge in [-0.25, -0.2) is 0 Å². The second-order valence-electron chi connectivity index (χ2n) is 15.1. The first-order chi connectivity index (χ1) is 15.1. The van der Waals surface area contributed by atoms with Crippen LogP contribution in [0.25, 0.3) is 0 Å². The van der Waals surface area contributed by atoms with E-state index in [1.807, 2.05) is 0 Å². The standard InChI is InChI=1S/C30H48O3/c1-25(2)14-16-30(24(32)33)17-15-28(6)19(20(30)18-25)8-9-22-27(5)12-11-23(31)26(3,4)21(27)10-13-29(22,28)7/h8,20-23,31H,9-18H2,1-7H3,(H,32,33)/t20-,21-,22?,23-,27-,28+,29+,30-/m0/s1. The first kappa shape index (κ1) is 23.9. The molecule has 0 spiro atoms. The zero-order valence-electron chi connectivity index (χ0n) is 22.3. The van der Waals surface area contributed by atoms with Gasteiger partial charge in [-0.1, -0.05) is 60.1 Å². The van der Waals surface area contributed by atoms with Crippen molar-refractivity contribution < 1.29 is 15.0 Å². The van der Waals surface area contributed by atoms with Crippen LogP contribution in [0.1, 0.15) is 113 Å². The highest BCUT2D eigenvalue weighted by Gasteiger charge is 2.69. The summed E-state index contributed by atoms with van der Waals surface area (Å²) in [6.07, 6.45) is 12.6. The Morgan fingerprint density at radius 2 is 1.55 bits per heavy atom. The van der Waals surface area contributed by atoms with Crippen LogP contribution in [-0.4, -0.2) is 22.3 Å². The average molecular weight is 457 g/mol. The van der Waals surface area contributed by atoms with Crippen molar-refractivity contribution in [2.75, 3.05) is 0 Å². The molecule has 186 valence electrons. The Kier molecular flexibility index (Phi) is 4.99. The van der Waals surface area contributed by atoms with E-state index in [1.54, 1.807) is 0 Å². The summed E-state index contributed by atoms with van der Waals surface area (Å²) < 4.78 is 0. The molecule has 4 saturated carbocycles. The van der Waals surface area contributed by atoms with E-state index in [-0.39, 0.29) is 39.1 Å². The molecule has 4 fully saturated rings. The SMILES string of the molecule is CC1(C)CC[C@]2(C(=O)O)CC[C@]3(C)C(=CCC4[C@@]5(C)CC[C@H](O)C(C)(C)[C@@H]5CC[C@]43C)[C@@H]2C1. The van der Waals surface area contributed by atoms with Gasteiger partial charge in [0.25, 0.3) is 0 Å². The summed E-state index contributed by atoms with van der Waals surface area (Å²) in [6.45, 7) is 16.9. The zero-order valence-corrected chi connectivity index (χ0v) is 22.3. The number of aliphatic hydroxyl groups is 1. The van der Waals surface area contributed by atoms with Crippen LogP contribution in [0.15, 0.2) is 11.6 Å². The van der Waals surface area contributed by atoms with Crippen molar-refractivity contribution in [3.05, 3.63) is 11.6 Å². The summed E-state index contributed by atoms with van der Waals surface area (Å²) in [5.41, 5.74) is 1.68. The fourth-order valence-corrected chi connectivity index (χ4v) is 10.6. The Balaban J connectivity index is 1.60. The number of carboxylic acid groups (broad SMARTS) is 1. The number of carboxylic acids is 1. The van der Waals surface area contributed by atoms with E-state index in [1.165, 1.54) is 18.4 Å². The molecule has 33 heavy (non-hydrogen) atoms. The van der Waals surface area contributed by atoms with Crippen molar-refractivity contribution in [2.45, 2.75) is 119 Å². The van der Waals surface area contributed by atoms with Crippen molar-refractivity contribution >= 4 is 5.97 Å². The van der Waals surface area contributed by atoms with Crippen LogP contribution in [0.3, 0.4) is 0 Å². The van der Waals surface area contributed by atoms with Gasteiger partial charge in [0.1, 0.15) is 0 Å². The summed E-state index contributed by atoms with van der Waals surface area (Å²) in [6, 6.07) is 0. The zero-order chi connectivity index (χ0) is 24.2. The highest BCUT2D eigenvalue weighted by Crippen LogP contribution is 2.75. The Bertz CT molecular complexity index is 885. The molecule has 0 saturated heterocycles. The third-order valence-electron chi connectivity index (χ3n) is 13.0. The number of hydrogen-bond donors (Lipinski definition) is 2. The van der Waals surface area contributed by atoms with Crippen LogP contribution in [0, 0.1) is 50.2 Å². The lowest BCUT2D eigenvalue weighted by Gasteiger charge is -2.71. The molecular formula is C30H48O3. The van der Waals surface area contributed by atoms with Gasteiger partial charge in [-0.15, -0.1) is 0 Å². The van der Waals surface area contributed by atoms with Gasteiger partial charge < -0.3 is 10.2 Å². The number of rotatable bonds is 1.